The molecule has 24 heavy (non-hydrogen) atoms. The van der Waals surface area contributed by atoms with Gasteiger partial charge in [-0.2, -0.15) is 0 Å². The van der Waals surface area contributed by atoms with E-state index in [2.05, 4.69) is 16.7 Å². The SMILES string of the molecule is O=C(N[C@H]1C[C@H]2CC[C@H]1O2)N[C@@H]1CC2(CCC2)Oc2ccccc21. The van der Waals surface area contributed by atoms with Gasteiger partial charge in [0.1, 0.15) is 11.4 Å². The Kier molecular flexibility index (Phi) is 3.27. The highest BCUT2D eigenvalue weighted by Crippen LogP contribution is 2.48. The Bertz CT molecular complexity index is 658. The van der Waals surface area contributed by atoms with Crippen LogP contribution in [0.15, 0.2) is 24.3 Å². The molecule has 1 saturated carbocycles. The first-order valence-electron chi connectivity index (χ1n) is 9.21. The quantitative estimate of drug-likeness (QED) is 0.877. The van der Waals surface area contributed by atoms with E-state index in [1.807, 2.05) is 18.2 Å². The molecule has 1 aromatic rings. The molecule has 0 radical (unpaired) electrons. The topological polar surface area (TPSA) is 59.6 Å². The molecule has 5 heteroatoms. The highest BCUT2D eigenvalue weighted by atomic mass is 16.5. The van der Waals surface area contributed by atoms with Crippen LogP contribution < -0.4 is 15.4 Å². The van der Waals surface area contributed by atoms with E-state index in [1.165, 1.54) is 6.42 Å². The molecule has 3 heterocycles. The molecule has 0 unspecified atom stereocenters. The second kappa shape index (κ2) is 5.38. The molecule has 2 N–H and O–H groups in total. The fraction of sp³-hybridized carbons (Fsp3) is 0.632. The average Bonchev–Trinajstić information content (AvgIpc) is 3.16. The maximum Gasteiger partial charge on any atom is 0.315 e. The van der Waals surface area contributed by atoms with Crippen molar-refractivity contribution in [1.29, 1.82) is 0 Å². The van der Waals surface area contributed by atoms with Gasteiger partial charge < -0.3 is 20.1 Å². The molecule has 0 aromatic heterocycles. The van der Waals surface area contributed by atoms with Crippen LogP contribution in [0.5, 0.6) is 5.75 Å². The average molecular weight is 328 g/mol. The maximum atomic E-state index is 12.6. The van der Waals surface area contributed by atoms with E-state index in [4.69, 9.17) is 9.47 Å². The molecule has 128 valence electrons. The Morgan fingerprint density at radius 2 is 2.04 bits per heavy atom. The number of hydrogen-bond donors (Lipinski definition) is 2. The first kappa shape index (κ1) is 14.6. The van der Waals surface area contributed by atoms with Crippen LogP contribution in [0.1, 0.15) is 56.6 Å². The van der Waals surface area contributed by atoms with Crippen molar-refractivity contribution in [2.24, 2.45) is 0 Å². The van der Waals surface area contributed by atoms with Crippen molar-refractivity contribution >= 4 is 6.03 Å². The van der Waals surface area contributed by atoms with E-state index in [-0.39, 0.29) is 29.8 Å². The van der Waals surface area contributed by atoms with Crippen molar-refractivity contribution in [1.82, 2.24) is 10.6 Å². The molecule has 2 amide bonds. The van der Waals surface area contributed by atoms with Crippen molar-refractivity contribution in [3.8, 4) is 5.75 Å². The second-order valence-corrected chi connectivity index (χ2v) is 7.77. The van der Waals surface area contributed by atoms with Crippen LogP contribution in [0.3, 0.4) is 0 Å². The van der Waals surface area contributed by atoms with Crippen LogP contribution in [-0.4, -0.2) is 29.9 Å². The van der Waals surface area contributed by atoms with Gasteiger partial charge in [-0.15, -0.1) is 0 Å². The normalized spacial score (nSPS) is 35.0. The summed E-state index contributed by atoms with van der Waals surface area (Å²) in [6.45, 7) is 0. The van der Waals surface area contributed by atoms with Gasteiger partial charge in [-0.3, -0.25) is 0 Å². The molecular formula is C19H24N2O3. The number of amides is 2. The van der Waals surface area contributed by atoms with Crippen LogP contribution in [-0.2, 0) is 4.74 Å². The summed E-state index contributed by atoms with van der Waals surface area (Å²) in [7, 11) is 0. The number of carbonyl (C=O) groups is 1. The minimum absolute atomic E-state index is 0.0229. The van der Waals surface area contributed by atoms with Crippen molar-refractivity contribution in [3.63, 3.8) is 0 Å². The van der Waals surface area contributed by atoms with Gasteiger partial charge in [0.15, 0.2) is 0 Å². The molecule has 2 saturated heterocycles. The van der Waals surface area contributed by atoms with Gasteiger partial charge in [0.25, 0.3) is 0 Å². The van der Waals surface area contributed by atoms with Gasteiger partial charge in [-0.05, 0) is 44.6 Å². The molecular weight excluding hydrogens is 304 g/mol. The molecule has 4 atom stereocenters. The summed E-state index contributed by atoms with van der Waals surface area (Å²) in [6.07, 6.45) is 7.96. The van der Waals surface area contributed by atoms with Gasteiger partial charge >= 0.3 is 6.03 Å². The van der Waals surface area contributed by atoms with E-state index in [9.17, 15) is 4.79 Å². The lowest BCUT2D eigenvalue weighted by molar-refractivity contribution is -0.0356. The highest BCUT2D eigenvalue weighted by Gasteiger charge is 2.46. The fourth-order valence-corrected chi connectivity index (χ4v) is 4.78. The zero-order chi connectivity index (χ0) is 16.1. The minimum atomic E-state index is -0.0765. The third kappa shape index (κ3) is 2.37. The molecule has 3 aliphatic heterocycles. The van der Waals surface area contributed by atoms with Crippen molar-refractivity contribution in [2.45, 2.75) is 74.8 Å². The molecule has 5 nitrogen and oxygen atoms in total. The third-order valence-electron chi connectivity index (χ3n) is 6.19. The first-order chi connectivity index (χ1) is 11.7. The van der Waals surface area contributed by atoms with Crippen LogP contribution in [0.25, 0.3) is 0 Å². The Hall–Kier alpha value is -1.75. The Labute approximate surface area is 142 Å². The van der Waals surface area contributed by atoms with E-state index in [0.717, 1.165) is 49.8 Å². The maximum absolute atomic E-state index is 12.6. The van der Waals surface area contributed by atoms with E-state index in [0.29, 0.717) is 6.10 Å². The van der Waals surface area contributed by atoms with Crippen molar-refractivity contribution in [3.05, 3.63) is 29.8 Å². The zero-order valence-electron chi connectivity index (χ0n) is 13.8. The molecule has 3 fully saturated rings. The van der Waals surface area contributed by atoms with E-state index >= 15 is 0 Å². The number of para-hydroxylation sites is 1. The van der Waals surface area contributed by atoms with Crippen LogP contribution in [0.4, 0.5) is 4.79 Å². The summed E-state index contributed by atoms with van der Waals surface area (Å²) in [5.74, 6) is 0.928. The van der Waals surface area contributed by atoms with Crippen LogP contribution in [0, 0.1) is 0 Å². The number of benzene rings is 1. The Morgan fingerprint density at radius 1 is 1.17 bits per heavy atom. The van der Waals surface area contributed by atoms with Gasteiger partial charge in [-0.1, -0.05) is 18.2 Å². The first-order valence-corrected chi connectivity index (χ1v) is 9.21. The van der Waals surface area contributed by atoms with Crippen LogP contribution in [0.2, 0.25) is 0 Å². The van der Waals surface area contributed by atoms with Crippen molar-refractivity contribution in [2.75, 3.05) is 0 Å². The van der Waals surface area contributed by atoms with Crippen LogP contribution >= 0.6 is 0 Å². The smallest absolute Gasteiger partial charge is 0.315 e. The summed E-state index contributed by atoms with van der Waals surface area (Å²) >= 11 is 0. The minimum Gasteiger partial charge on any atom is -0.487 e. The fourth-order valence-electron chi connectivity index (χ4n) is 4.78. The molecule has 5 rings (SSSR count). The number of urea groups is 1. The zero-order valence-corrected chi connectivity index (χ0v) is 13.8. The lowest BCUT2D eigenvalue weighted by atomic mass is 9.73. The van der Waals surface area contributed by atoms with E-state index in [1.54, 1.807) is 0 Å². The number of rotatable bonds is 2. The second-order valence-electron chi connectivity index (χ2n) is 7.77. The molecule has 1 aliphatic carbocycles. The standard InChI is InChI=1S/C19H24N2O3/c22-18(20-14-10-12-6-7-17(14)23-12)21-15-11-19(8-3-9-19)24-16-5-2-1-4-13(15)16/h1-2,4-5,12,14-15,17H,3,6-11H2,(H2,20,21,22)/t12-,14+,15-,17-/m1/s1. The summed E-state index contributed by atoms with van der Waals surface area (Å²) in [4.78, 5) is 12.6. The Balaban J connectivity index is 1.30. The van der Waals surface area contributed by atoms with E-state index < -0.39 is 0 Å². The largest absolute Gasteiger partial charge is 0.487 e. The van der Waals surface area contributed by atoms with Gasteiger partial charge in [0, 0.05) is 12.0 Å². The predicted octanol–water partition coefficient (Wildman–Crippen LogP) is 3.05. The predicted molar refractivity (Wildman–Crippen MR) is 89.0 cm³/mol. The molecule has 1 aromatic carbocycles. The summed E-state index contributed by atoms with van der Waals surface area (Å²) in [5, 5.41) is 6.34. The van der Waals surface area contributed by atoms with Gasteiger partial charge in [-0.25, -0.2) is 4.79 Å². The summed E-state index contributed by atoms with van der Waals surface area (Å²) in [6, 6.07) is 8.20. The third-order valence-corrected chi connectivity index (χ3v) is 6.19. The molecule has 4 aliphatic rings. The molecule has 1 spiro atoms. The lowest BCUT2D eigenvalue weighted by Gasteiger charge is -2.48. The highest BCUT2D eigenvalue weighted by molar-refractivity contribution is 5.75. The van der Waals surface area contributed by atoms with Gasteiger partial charge in [0.2, 0.25) is 0 Å². The number of hydrogen-bond acceptors (Lipinski definition) is 3. The monoisotopic (exact) mass is 328 g/mol. The number of fused-ring (bicyclic) bond motifs is 3. The Morgan fingerprint density at radius 3 is 2.75 bits per heavy atom. The number of nitrogens with one attached hydrogen (secondary N) is 2. The summed E-state index contributed by atoms with van der Waals surface area (Å²) in [5.41, 5.74) is 1.02. The number of ether oxygens (including phenoxy) is 2. The van der Waals surface area contributed by atoms with Crippen molar-refractivity contribution < 1.29 is 14.3 Å². The molecule has 2 bridgehead atoms. The number of carbonyl (C=O) groups excluding carboxylic acids is 1. The summed E-state index contributed by atoms with van der Waals surface area (Å²) < 4.78 is 12.1. The lowest BCUT2D eigenvalue weighted by Crippen LogP contribution is -2.52. The van der Waals surface area contributed by atoms with Gasteiger partial charge in [0.05, 0.1) is 24.3 Å².